The van der Waals surface area contributed by atoms with Crippen LogP contribution in [0.15, 0.2) is 59.2 Å². The van der Waals surface area contributed by atoms with Crippen LogP contribution < -0.4 is 9.80 Å². The fourth-order valence-corrected chi connectivity index (χ4v) is 4.30. The second-order valence-corrected chi connectivity index (χ2v) is 7.74. The smallest absolute Gasteiger partial charge is 0.159 e. The van der Waals surface area contributed by atoms with Gasteiger partial charge in [0.15, 0.2) is 11.6 Å². The number of aromatic nitrogens is 1. The molecule has 1 atom stereocenters. The van der Waals surface area contributed by atoms with E-state index in [1.807, 2.05) is 36.5 Å². The Morgan fingerprint density at radius 2 is 1.93 bits per heavy atom. The highest BCUT2D eigenvalue weighted by atomic mass is 16.3. The molecular formula is C24H27N3O. The number of benzene rings is 1. The molecule has 0 saturated heterocycles. The molecule has 28 heavy (non-hydrogen) atoms. The molecule has 2 aromatic heterocycles. The molecule has 0 saturated carbocycles. The molecule has 0 spiro atoms. The lowest BCUT2D eigenvalue weighted by atomic mass is 10.1. The van der Waals surface area contributed by atoms with Crippen molar-refractivity contribution in [3.8, 4) is 0 Å². The molecule has 0 amide bonds. The third-order valence-corrected chi connectivity index (χ3v) is 5.37. The van der Waals surface area contributed by atoms with E-state index in [0.717, 1.165) is 39.5 Å². The predicted octanol–water partition coefficient (Wildman–Crippen LogP) is 6.30. The van der Waals surface area contributed by atoms with Gasteiger partial charge < -0.3 is 14.2 Å². The zero-order chi connectivity index (χ0) is 20.0. The van der Waals surface area contributed by atoms with Gasteiger partial charge in [-0.1, -0.05) is 30.9 Å². The summed E-state index contributed by atoms with van der Waals surface area (Å²) in [4.78, 5) is 9.45. The molecule has 4 heteroatoms. The summed E-state index contributed by atoms with van der Waals surface area (Å²) in [6, 6.07) is 12.6. The number of furan rings is 1. The Labute approximate surface area is 166 Å². The number of fused-ring (bicyclic) bond motifs is 2. The zero-order valence-electron chi connectivity index (χ0n) is 17.2. The number of allylic oxidation sites excluding steroid dienone is 1. The Morgan fingerprint density at radius 3 is 2.61 bits per heavy atom. The first-order valence-electron chi connectivity index (χ1n) is 9.80. The Hall–Kier alpha value is -3.01. The van der Waals surface area contributed by atoms with Crippen molar-refractivity contribution in [3.63, 3.8) is 0 Å². The molecule has 0 aliphatic carbocycles. The van der Waals surface area contributed by atoms with Gasteiger partial charge in [-0.25, -0.2) is 4.98 Å². The lowest BCUT2D eigenvalue weighted by Gasteiger charge is -2.33. The summed E-state index contributed by atoms with van der Waals surface area (Å²) in [6.45, 7) is 15.0. The first-order valence-corrected chi connectivity index (χ1v) is 9.80. The highest BCUT2D eigenvalue weighted by Gasteiger charge is 2.39. The summed E-state index contributed by atoms with van der Waals surface area (Å²) in [5, 5.41) is 1.08. The van der Waals surface area contributed by atoms with E-state index < -0.39 is 0 Å². The first kappa shape index (κ1) is 18.4. The molecule has 0 bridgehead atoms. The van der Waals surface area contributed by atoms with Crippen LogP contribution in [0, 0.1) is 0 Å². The standard InChI is InChI=1S/C24H27N3O/c1-7-18-19-11-8-9-13-21(19)28-23(18)22(15(2)3)27-17(6)26(16(4)5)20-12-10-14-25-24(20)27/h7-14,16-17H,1H2,2-6H3/t17-/m0/s1. The normalized spacial score (nSPS) is 16.0. The molecule has 4 nitrogen and oxygen atoms in total. The Bertz CT molecular complexity index is 1070. The van der Waals surface area contributed by atoms with Gasteiger partial charge in [0, 0.05) is 23.2 Å². The van der Waals surface area contributed by atoms with Crippen LogP contribution >= 0.6 is 0 Å². The monoisotopic (exact) mass is 373 g/mol. The lowest BCUT2D eigenvalue weighted by Crippen LogP contribution is -2.44. The van der Waals surface area contributed by atoms with Crippen LogP contribution in [0.25, 0.3) is 22.7 Å². The minimum Gasteiger partial charge on any atom is -0.454 e. The molecule has 0 unspecified atom stereocenters. The molecule has 1 aliphatic heterocycles. The van der Waals surface area contributed by atoms with Crippen LogP contribution in [0.2, 0.25) is 0 Å². The number of hydrogen-bond donors (Lipinski definition) is 0. The fourth-order valence-electron chi connectivity index (χ4n) is 4.30. The first-order chi connectivity index (χ1) is 13.5. The van der Waals surface area contributed by atoms with Gasteiger partial charge >= 0.3 is 0 Å². The van der Waals surface area contributed by atoms with Gasteiger partial charge in [0.25, 0.3) is 0 Å². The number of para-hydroxylation sites is 1. The van der Waals surface area contributed by atoms with Crippen molar-refractivity contribution in [2.24, 2.45) is 0 Å². The molecule has 144 valence electrons. The topological polar surface area (TPSA) is 32.5 Å². The highest BCUT2D eigenvalue weighted by molar-refractivity contribution is 5.97. The maximum absolute atomic E-state index is 6.37. The van der Waals surface area contributed by atoms with Gasteiger partial charge in [-0.15, -0.1) is 0 Å². The molecule has 0 radical (unpaired) electrons. The van der Waals surface area contributed by atoms with E-state index >= 15 is 0 Å². The second kappa shape index (κ2) is 6.86. The third-order valence-electron chi connectivity index (χ3n) is 5.37. The minimum absolute atomic E-state index is 0.126. The van der Waals surface area contributed by atoms with E-state index in [0.29, 0.717) is 6.04 Å². The van der Waals surface area contributed by atoms with Crippen molar-refractivity contribution in [2.75, 3.05) is 9.80 Å². The van der Waals surface area contributed by atoms with E-state index in [-0.39, 0.29) is 6.17 Å². The van der Waals surface area contributed by atoms with E-state index in [1.165, 1.54) is 5.57 Å². The average molecular weight is 374 g/mol. The van der Waals surface area contributed by atoms with Crippen LogP contribution in [0.5, 0.6) is 0 Å². The Kier molecular flexibility index (Phi) is 4.50. The van der Waals surface area contributed by atoms with Crippen LogP contribution in [0.1, 0.15) is 45.9 Å². The largest absolute Gasteiger partial charge is 0.454 e. The molecule has 3 aromatic rings. The fraction of sp³-hybridized carbons (Fsp3) is 0.292. The second-order valence-electron chi connectivity index (χ2n) is 7.74. The summed E-state index contributed by atoms with van der Waals surface area (Å²) in [6.07, 6.45) is 3.88. The van der Waals surface area contributed by atoms with E-state index in [1.54, 1.807) is 0 Å². The zero-order valence-corrected chi connectivity index (χ0v) is 17.2. The summed E-state index contributed by atoms with van der Waals surface area (Å²) in [5.41, 5.74) is 5.29. The molecule has 3 heterocycles. The number of pyridine rings is 1. The number of hydrogen-bond acceptors (Lipinski definition) is 4. The maximum Gasteiger partial charge on any atom is 0.159 e. The van der Waals surface area contributed by atoms with Crippen molar-refractivity contribution < 1.29 is 4.42 Å². The predicted molar refractivity (Wildman–Crippen MR) is 118 cm³/mol. The van der Waals surface area contributed by atoms with Crippen LogP contribution in [-0.2, 0) is 0 Å². The van der Waals surface area contributed by atoms with Gasteiger partial charge in [0.2, 0.25) is 0 Å². The van der Waals surface area contributed by atoms with Gasteiger partial charge in [-0.05, 0) is 58.4 Å². The van der Waals surface area contributed by atoms with Crippen molar-refractivity contribution in [3.05, 3.63) is 66.1 Å². The summed E-state index contributed by atoms with van der Waals surface area (Å²) in [5.74, 6) is 1.82. The van der Waals surface area contributed by atoms with Gasteiger partial charge in [0.05, 0.1) is 11.4 Å². The Morgan fingerprint density at radius 1 is 1.18 bits per heavy atom. The summed E-state index contributed by atoms with van der Waals surface area (Å²) < 4.78 is 6.37. The van der Waals surface area contributed by atoms with Crippen molar-refractivity contribution in [1.82, 2.24) is 4.98 Å². The molecular weight excluding hydrogens is 346 g/mol. The number of rotatable bonds is 4. The van der Waals surface area contributed by atoms with Crippen LogP contribution in [-0.4, -0.2) is 17.2 Å². The molecule has 4 rings (SSSR count). The lowest BCUT2D eigenvalue weighted by molar-refractivity contribution is 0.576. The van der Waals surface area contributed by atoms with E-state index in [9.17, 15) is 0 Å². The summed E-state index contributed by atoms with van der Waals surface area (Å²) in [7, 11) is 0. The van der Waals surface area contributed by atoms with E-state index in [4.69, 9.17) is 9.40 Å². The SMILES string of the molecule is C=Cc1c(C(=C(C)C)N2c3ncccc3N(C(C)C)[C@@H]2C)oc2ccccc12. The minimum atomic E-state index is 0.126. The summed E-state index contributed by atoms with van der Waals surface area (Å²) >= 11 is 0. The van der Waals surface area contributed by atoms with Crippen molar-refractivity contribution in [2.45, 2.75) is 46.8 Å². The Balaban J connectivity index is 1.96. The maximum atomic E-state index is 6.37. The van der Waals surface area contributed by atoms with Crippen LogP contribution in [0.4, 0.5) is 11.5 Å². The molecule has 0 fully saturated rings. The molecule has 0 N–H and O–H groups in total. The van der Waals surface area contributed by atoms with E-state index in [2.05, 4.69) is 63.1 Å². The van der Waals surface area contributed by atoms with Crippen molar-refractivity contribution >= 4 is 34.2 Å². The number of nitrogens with zero attached hydrogens (tertiary/aromatic N) is 3. The van der Waals surface area contributed by atoms with Gasteiger partial charge in [-0.2, -0.15) is 0 Å². The highest BCUT2D eigenvalue weighted by Crippen LogP contribution is 2.45. The molecule has 1 aromatic carbocycles. The van der Waals surface area contributed by atoms with Gasteiger partial charge in [0.1, 0.15) is 11.7 Å². The third kappa shape index (κ3) is 2.63. The molecule has 1 aliphatic rings. The van der Waals surface area contributed by atoms with Crippen molar-refractivity contribution in [1.29, 1.82) is 0 Å². The quantitative estimate of drug-likeness (QED) is 0.537. The van der Waals surface area contributed by atoms with Crippen LogP contribution in [0.3, 0.4) is 0 Å². The number of anilines is 2. The van der Waals surface area contributed by atoms with Gasteiger partial charge in [-0.3, -0.25) is 0 Å². The average Bonchev–Trinajstić information content (AvgIpc) is 3.17.